The van der Waals surface area contributed by atoms with E-state index in [-0.39, 0.29) is 11.7 Å². The lowest BCUT2D eigenvalue weighted by Crippen LogP contribution is -2.46. The van der Waals surface area contributed by atoms with E-state index >= 15 is 0 Å². The van der Waals surface area contributed by atoms with Crippen LogP contribution in [0.15, 0.2) is 41.0 Å². The monoisotopic (exact) mass is 315 g/mol. The number of esters is 1. The molecule has 0 radical (unpaired) electrons. The van der Waals surface area contributed by atoms with Crippen molar-refractivity contribution < 1.29 is 18.7 Å². The fourth-order valence-corrected chi connectivity index (χ4v) is 2.07. The Labute approximate surface area is 135 Å². The zero-order valence-corrected chi connectivity index (χ0v) is 13.8. The normalized spacial score (nSPS) is 12.0. The van der Waals surface area contributed by atoms with E-state index in [4.69, 9.17) is 9.15 Å². The molecule has 1 amide bonds. The molecule has 2 aromatic rings. The predicted octanol–water partition coefficient (Wildman–Crippen LogP) is 3.26. The summed E-state index contributed by atoms with van der Waals surface area (Å²) in [6.07, 6.45) is 1.41. The number of carbonyl (C=O) groups excluding carboxylic acids is 2. The molecule has 0 bridgehead atoms. The summed E-state index contributed by atoms with van der Waals surface area (Å²) in [5.74, 6) is -0.424. The lowest BCUT2D eigenvalue weighted by molar-refractivity contribution is -0.137. The molecule has 5 nitrogen and oxygen atoms in total. The van der Waals surface area contributed by atoms with Gasteiger partial charge in [-0.1, -0.05) is 19.9 Å². The lowest BCUT2D eigenvalue weighted by atomic mass is 10.0. The van der Waals surface area contributed by atoms with Crippen LogP contribution in [0, 0.1) is 19.8 Å². The highest BCUT2D eigenvalue weighted by Crippen LogP contribution is 2.18. The standard InChI is InChI=1S/C18H21NO4/c1-11(2)16(19-17(20)15-6-5-9-22-15)18(21)23-14-8-7-12(3)13(4)10-14/h5-11,16H,1-4H3,(H,19,20)/t16-/m0/s1. The van der Waals surface area contributed by atoms with E-state index in [0.717, 1.165) is 11.1 Å². The maximum absolute atomic E-state index is 12.4. The van der Waals surface area contributed by atoms with Crippen molar-refractivity contribution in [2.45, 2.75) is 33.7 Å². The number of hydrogen-bond donors (Lipinski definition) is 1. The second-order valence-corrected chi connectivity index (χ2v) is 5.84. The highest BCUT2D eigenvalue weighted by atomic mass is 16.5. The highest BCUT2D eigenvalue weighted by Gasteiger charge is 2.27. The first-order valence-electron chi connectivity index (χ1n) is 7.52. The fraction of sp³-hybridized carbons (Fsp3) is 0.333. The minimum Gasteiger partial charge on any atom is -0.459 e. The number of ether oxygens (including phenoxy) is 1. The van der Waals surface area contributed by atoms with Crippen LogP contribution in [0.3, 0.4) is 0 Å². The van der Waals surface area contributed by atoms with E-state index in [1.807, 2.05) is 33.8 Å². The maximum Gasteiger partial charge on any atom is 0.334 e. The van der Waals surface area contributed by atoms with Crippen LogP contribution in [0.4, 0.5) is 0 Å². The van der Waals surface area contributed by atoms with Crippen molar-refractivity contribution in [1.82, 2.24) is 5.32 Å². The topological polar surface area (TPSA) is 68.5 Å². The fourth-order valence-electron chi connectivity index (χ4n) is 2.07. The van der Waals surface area contributed by atoms with E-state index in [2.05, 4.69) is 5.32 Å². The van der Waals surface area contributed by atoms with Crippen LogP contribution in [0.2, 0.25) is 0 Å². The van der Waals surface area contributed by atoms with Gasteiger partial charge in [0, 0.05) is 0 Å². The molecule has 1 atom stereocenters. The minimum absolute atomic E-state index is 0.118. The third-order valence-electron chi connectivity index (χ3n) is 3.65. The summed E-state index contributed by atoms with van der Waals surface area (Å²) in [7, 11) is 0. The Morgan fingerprint density at radius 2 is 1.87 bits per heavy atom. The van der Waals surface area contributed by atoms with Gasteiger partial charge in [-0.2, -0.15) is 0 Å². The molecule has 1 aromatic carbocycles. The Bertz CT molecular complexity index is 689. The molecule has 1 heterocycles. The van der Waals surface area contributed by atoms with Crippen LogP contribution in [0.1, 0.15) is 35.5 Å². The van der Waals surface area contributed by atoms with Crippen LogP contribution in [0.5, 0.6) is 5.75 Å². The number of amides is 1. The summed E-state index contributed by atoms with van der Waals surface area (Å²) in [5, 5.41) is 2.66. The zero-order valence-electron chi connectivity index (χ0n) is 13.8. The molecule has 0 unspecified atom stereocenters. The van der Waals surface area contributed by atoms with E-state index in [1.54, 1.807) is 24.3 Å². The smallest absolute Gasteiger partial charge is 0.334 e. The molecule has 1 aromatic heterocycles. The van der Waals surface area contributed by atoms with Crippen LogP contribution >= 0.6 is 0 Å². The molecule has 23 heavy (non-hydrogen) atoms. The predicted molar refractivity (Wildman–Crippen MR) is 86.4 cm³/mol. The summed E-state index contributed by atoms with van der Waals surface area (Å²) in [6, 6.07) is 7.84. The molecule has 5 heteroatoms. The number of rotatable bonds is 5. The Morgan fingerprint density at radius 1 is 1.13 bits per heavy atom. The van der Waals surface area contributed by atoms with Gasteiger partial charge in [0.1, 0.15) is 11.8 Å². The average Bonchev–Trinajstić information content (AvgIpc) is 3.02. The number of carbonyl (C=O) groups is 2. The van der Waals surface area contributed by atoms with Crippen molar-refractivity contribution >= 4 is 11.9 Å². The van der Waals surface area contributed by atoms with Gasteiger partial charge in [0.2, 0.25) is 0 Å². The highest BCUT2D eigenvalue weighted by molar-refractivity contribution is 5.94. The van der Waals surface area contributed by atoms with E-state index in [0.29, 0.717) is 5.75 Å². The molecular weight excluding hydrogens is 294 g/mol. The molecule has 0 aliphatic rings. The maximum atomic E-state index is 12.4. The molecule has 0 saturated heterocycles. The van der Waals surface area contributed by atoms with E-state index in [9.17, 15) is 9.59 Å². The first-order valence-corrected chi connectivity index (χ1v) is 7.52. The zero-order chi connectivity index (χ0) is 17.0. The number of nitrogens with one attached hydrogen (secondary N) is 1. The first-order chi connectivity index (χ1) is 10.9. The van der Waals surface area contributed by atoms with Gasteiger partial charge >= 0.3 is 5.97 Å². The average molecular weight is 315 g/mol. The molecule has 122 valence electrons. The van der Waals surface area contributed by atoms with Gasteiger partial charge in [-0.15, -0.1) is 0 Å². The van der Waals surface area contributed by atoms with Gasteiger partial charge < -0.3 is 14.5 Å². The van der Waals surface area contributed by atoms with E-state index < -0.39 is 17.9 Å². The molecule has 0 aliphatic heterocycles. The van der Waals surface area contributed by atoms with E-state index in [1.165, 1.54) is 6.26 Å². The summed E-state index contributed by atoms with van der Waals surface area (Å²) < 4.78 is 10.4. The molecule has 0 fully saturated rings. The van der Waals surface area contributed by atoms with Gasteiger partial charge in [-0.3, -0.25) is 4.79 Å². The van der Waals surface area contributed by atoms with Crippen molar-refractivity contribution in [2.24, 2.45) is 5.92 Å². The van der Waals surface area contributed by atoms with Crippen molar-refractivity contribution in [3.05, 3.63) is 53.5 Å². The quantitative estimate of drug-likeness (QED) is 0.679. The van der Waals surface area contributed by atoms with Crippen LogP contribution < -0.4 is 10.1 Å². The molecule has 2 rings (SSSR count). The summed E-state index contributed by atoms with van der Waals surface area (Å²) in [4.78, 5) is 24.5. The molecule has 0 spiro atoms. The Morgan fingerprint density at radius 3 is 2.43 bits per heavy atom. The van der Waals surface area contributed by atoms with Crippen LogP contribution in [-0.4, -0.2) is 17.9 Å². The first kappa shape index (κ1) is 16.8. The van der Waals surface area contributed by atoms with Gasteiger partial charge in [0.05, 0.1) is 6.26 Å². The molecule has 0 aliphatic carbocycles. The van der Waals surface area contributed by atoms with Crippen molar-refractivity contribution in [3.8, 4) is 5.75 Å². The third-order valence-corrected chi connectivity index (χ3v) is 3.65. The summed E-state index contributed by atoms with van der Waals surface area (Å²) in [6.45, 7) is 7.62. The molecule has 0 saturated carbocycles. The SMILES string of the molecule is Cc1ccc(OC(=O)[C@@H](NC(=O)c2ccco2)C(C)C)cc1C. The lowest BCUT2D eigenvalue weighted by Gasteiger charge is -2.20. The van der Waals surface area contributed by atoms with Crippen molar-refractivity contribution in [3.63, 3.8) is 0 Å². The molecule has 1 N–H and O–H groups in total. The molecular formula is C18H21NO4. The Kier molecular flexibility index (Phi) is 5.21. The number of aryl methyl sites for hydroxylation is 2. The number of hydrogen-bond acceptors (Lipinski definition) is 4. The minimum atomic E-state index is -0.755. The summed E-state index contributed by atoms with van der Waals surface area (Å²) >= 11 is 0. The Balaban J connectivity index is 2.09. The second kappa shape index (κ2) is 7.13. The van der Waals surface area contributed by atoms with Crippen LogP contribution in [-0.2, 0) is 4.79 Å². The third kappa shape index (κ3) is 4.22. The van der Waals surface area contributed by atoms with Crippen LogP contribution in [0.25, 0.3) is 0 Å². The largest absolute Gasteiger partial charge is 0.459 e. The van der Waals surface area contributed by atoms with Crippen molar-refractivity contribution in [1.29, 1.82) is 0 Å². The van der Waals surface area contributed by atoms with Crippen molar-refractivity contribution in [2.75, 3.05) is 0 Å². The summed E-state index contributed by atoms with van der Waals surface area (Å²) in [5.41, 5.74) is 2.16. The number of benzene rings is 1. The number of furan rings is 1. The van der Waals surface area contributed by atoms with Gasteiger partial charge in [-0.05, 0) is 55.2 Å². The second-order valence-electron chi connectivity index (χ2n) is 5.84. The Hall–Kier alpha value is -2.56. The van der Waals surface area contributed by atoms with Gasteiger partial charge in [0.25, 0.3) is 5.91 Å². The van der Waals surface area contributed by atoms with Gasteiger partial charge in [0.15, 0.2) is 5.76 Å². The van der Waals surface area contributed by atoms with Gasteiger partial charge in [-0.25, -0.2) is 4.79 Å².